The van der Waals surface area contributed by atoms with Crippen LogP contribution in [0.3, 0.4) is 0 Å². The maximum atomic E-state index is 12.7. The standard InChI is InChI=1S/C19H23NO/c1-4-15(3)18(16-8-6-5-7-9-16)19(21)20-17-12-10-14(2)11-13-17/h5-13,15,18H,4H2,1-3H3,(H,20,21)/t15-,18+/m1/s1. The van der Waals surface area contributed by atoms with E-state index < -0.39 is 0 Å². The molecule has 0 saturated heterocycles. The molecule has 0 spiro atoms. The number of benzene rings is 2. The first kappa shape index (κ1) is 15.3. The summed E-state index contributed by atoms with van der Waals surface area (Å²) in [4.78, 5) is 12.7. The van der Waals surface area contributed by atoms with Gasteiger partial charge in [0.2, 0.25) is 5.91 Å². The molecule has 0 aromatic heterocycles. The topological polar surface area (TPSA) is 29.1 Å². The van der Waals surface area contributed by atoms with Crippen molar-refractivity contribution < 1.29 is 4.79 Å². The van der Waals surface area contributed by atoms with Gasteiger partial charge in [0.1, 0.15) is 0 Å². The van der Waals surface area contributed by atoms with Crippen LogP contribution < -0.4 is 5.32 Å². The predicted molar refractivity (Wildman–Crippen MR) is 88.4 cm³/mol. The number of hydrogen-bond donors (Lipinski definition) is 1. The van der Waals surface area contributed by atoms with Crippen LogP contribution in [0.5, 0.6) is 0 Å². The van der Waals surface area contributed by atoms with Crippen LogP contribution >= 0.6 is 0 Å². The first-order valence-corrected chi connectivity index (χ1v) is 7.54. The van der Waals surface area contributed by atoms with Gasteiger partial charge in [0.15, 0.2) is 0 Å². The third kappa shape index (κ3) is 3.94. The fourth-order valence-corrected chi connectivity index (χ4v) is 2.49. The van der Waals surface area contributed by atoms with E-state index in [1.54, 1.807) is 0 Å². The third-order valence-corrected chi connectivity index (χ3v) is 3.97. The molecule has 1 amide bonds. The van der Waals surface area contributed by atoms with Gasteiger partial charge in [-0.1, -0.05) is 68.3 Å². The van der Waals surface area contributed by atoms with Crippen molar-refractivity contribution in [3.63, 3.8) is 0 Å². The van der Waals surface area contributed by atoms with Crippen LogP contribution in [0, 0.1) is 12.8 Å². The Balaban J connectivity index is 2.20. The summed E-state index contributed by atoms with van der Waals surface area (Å²) >= 11 is 0. The molecule has 2 heteroatoms. The van der Waals surface area contributed by atoms with E-state index in [2.05, 4.69) is 19.2 Å². The molecule has 0 saturated carbocycles. The lowest BCUT2D eigenvalue weighted by atomic mass is 9.85. The van der Waals surface area contributed by atoms with Gasteiger partial charge in [0, 0.05) is 5.69 Å². The van der Waals surface area contributed by atoms with E-state index in [0.29, 0.717) is 5.92 Å². The lowest BCUT2D eigenvalue weighted by Crippen LogP contribution is -2.26. The van der Waals surface area contributed by atoms with E-state index in [9.17, 15) is 4.79 Å². The molecule has 0 unspecified atom stereocenters. The average molecular weight is 281 g/mol. The highest BCUT2D eigenvalue weighted by molar-refractivity contribution is 5.96. The smallest absolute Gasteiger partial charge is 0.232 e. The van der Waals surface area contributed by atoms with Gasteiger partial charge < -0.3 is 5.32 Å². The van der Waals surface area contributed by atoms with Crippen LogP contribution in [-0.4, -0.2) is 5.91 Å². The van der Waals surface area contributed by atoms with E-state index >= 15 is 0 Å². The molecule has 21 heavy (non-hydrogen) atoms. The summed E-state index contributed by atoms with van der Waals surface area (Å²) in [6, 6.07) is 17.9. The monoisotopic (exact) mass is 281 g/mol. The van der Waals surface area contributed by atoms with Crippen LogP contribution in [0.1, 0.15) is 37.3 Å². The van der Waals surface area contributed by atoms with Crippen molar-refractivity contribution in [2.75, 3.05) is 5.32 Å². The summed E-state index contributed by atoms with van der Waals surface area (Å²) in [5, 5.41) is 3.04. The second kappa shape index (κ2) is 7.07. The molecule has 2 aromatic rings. The summed E-state index contributed by atoms with van der Waals surface area (Å²) in [7, 11) is 0. The molecule has 0 radical (unpaired) electrons. The van der Waals surface area contributed by atoms with Crippen molar-refractivity contribution >= 4 is 11.6 Å². The SMILES string of the molecule is CC[C@@H](C)[C@H](C(=O)Nc1ccc(C)cc1)c1ccccc1. The average Bonchev–Trinajstić information content (AvgIpc) is 2.50. The number of carbonyl (C=O) groups excluding carboxylic acids is 1. The largest absolute Gasteiger partial charge is 0.326 e. The molecule has 0 fully saturated rings. The lowest BCUT2D eigenvalue weighted by molar-refractivity contribution is -0.118. The molecule has 2 aromatic carbocycles. The first-order chi connectivity index (χ1) is 10.1. The zero-order valence-electron chi connectivity index (χ0n) is 13.0. The van der Waals surface area contributed by atoms with Crippen LogP contribution in [0.4, 0.5) is 5.69 Å². The summed E-state index contributed by atoms with van der Waals surface area (Å²) in [5.74, 6) is 0.259. The van der Waals surface area contributed by atoms with Gasteiger partial charge in [0.05, 0.1) is 5.92 Å². The Labute approximate surface area is 127 Å². The van der Waals surface area contributed by atoms with E-state index in [0.717, 1.165) is 17.7 Å². The van der Waals surface area contributed by atoms with Crippen molar-refractivity contribution in [1.82, 2.24) is 0 Å². The summed E-state index contributed by atoms with van der Waals surface area (Å²) in [6.07, 6.45) is 0.973. The number of amides is 1. The minimum absolute atomic E-state index is 0.0689. The van der Waals surface area contributed by atoms with Crippen molar-refractivity contribution in [2.45, 2.75) is 33.1 Å². The normalized spacial score (nSPS) is 13.5. The maximum absolute atomic E-state index is 12.7. The Kier molecular flexibility index (Phi) is 5.15. The molecule has 2 atom stereocenters. The van der Waals surface area contributed by atoms with Gasteiger partial charge in [-0.3, -0.25) is 4.79 Å². The van der Waals surface area contributed by atoms with Crippen molar-refractivity contribution in [1.29, 1.82) is 0 Å². The summed E-state index contributed by atoms with van der Waals surface area (Å²) in [5.41, 5.74) is 3.13. The second-order valence-corrected chi connectivity index (χ2v) is 5.63. The van der Waals surface area contributed by atoms with Gasteiger partial charge in [-0.25, -0.2) is 0 Å². The minimum Gasteiger partial charge on any atom is -0.326 e. The fourth-order valence-electron chi connectivity index (χ4n) is 2.49. The molecule has 1 N–H and O–H groups in total. The van der Waals surface area contributed by atoms with Crippen molar-refractivity contribution in [3.05, 3.63) is 65.7 Å². The van der Waals surface area contributed by atoms with Crippen LogP contribution in [0.2, 0.25) is 0 Å². The minimum atomic E-state index is -0.113. The van der Waals surface area contributed by atoms with E-state index in [1.807, 2.05) is 61.5 Å². The molecule has 2 rings (SSSR count). The quantitative estimate of drug-likeness (QED) is 0.841. The zero-order valence-corrected chi connectivity index (χ0v) is 13.0. The third-order valence-electron chi connectivity index (χ3n) is 3.97. The van der Waals surface area contributed by atoms with E-state index in [4.69, 9.17) is 0 Å². The number of anilines is 1. The lowest BCUT2D eigenvalue weighted by Gasteiger charge is -2.22. The van der Waals surface area contributed by atoms with E-state index in [-0.39, 0.29) is 11.8 Å². The van der Waals surface area contributed by atoms with Gasteiger partial charge in [-0.05, 0) is 30.5 Å². The van der Waals surface area contributed by atoms with Gasteiger partial charge in [0.25, 0.3) is 0 Å². The van der Waals surface area contributed by atoms with Crippen LogP contribution in [-0.2, 0) is 4.79 Å². The molecule has 2 nitrogen and oxygen atoms in total. The predicted octanol–water partition coefficient (Wildman–Crippen LogP) is 4.76. The van der Waals surface area contributed by atoms with Gasteiger partial charge >= 0.3 is 0 Å². The first-order valence-electron chi connectivity index (χ1n) is 7.54. The molecular formula is C19H23NO. The van der Waals surface area contributed by atoms with Crippen molar-refractivity contribution in [2.24, 2.45) is 5.92 Å². The zero-order chi connectivity index (χ0) is 15.2. The highest BCUT2D eigenvalue weighted by atomic mass is 16.1. The number of nitrogens with one attached hydrogen (secondary N) is 1. The molecular weight excluding hydrogens is 258 g/mol. The molecule has 0 aliphatic rings. The Morgan fingerprint density at radius 3 is 2.24 bits per heavy atom. The van der Waals surface area contributed by atoms with Crippen LogP contribution in [0.15, 0.2) is 54.6 Å². The number of carbonyl (C=O) groups is 1. The molecule has 0 aliphatic carbocycles. The highest BCUT2D eigenvalue weighted by Crippen LogP contribution is 2.28. The number of aryl methyl sites for hydroxylation is 1. The summed E-state index contributed by atoms with van der Waals surface area (Å²) < 4.78 is 0. The number of rotatable bonds is 5. The molecule has 0 bridgehead atoms. The fraction of sp³-hybridized carbons (Fsp3) is 0.316. The van der Waals surface area contributed by atoms with E-state index in [1.165, 1.54) is 5.56 Å². The number of hydrogen-bond acceptors (Lipinski definition) is 1. The van der Waals surface area contributed by atoms with Gasteiger partial charge in [-0.15, -0.1) is 0 Å². The molecule has 110 valence electrons. The Morgan fingerprint density at radius 2 is 1.67 bits per heavy atom. The van der Waals surface area contributed by atoms with Crippen LogP contribution in [0.25, 0.3) is 0 Å². The van der Waals surface area contributed by atoms with Crippen molar-refractivity contribution in [3.8, 4) is 0 Å². The Bertz CT molecular complexity index is 574. The summed E-state index contributed by atoms with van der Waals surface area (Å²) in [6.45, 7) is 6.30. The second-order valence-electron chi connectivity index (χ2n) is 5.63. The molecule has 0 aliphatic heterocycles. The van der Waals surface area contributed by atoms with Gasteiger partial charge in [-0.2, -0.15) is 0 Å². The molecule has 0 heterocycles. The Morgan fingerprint density at radius 1 is 1.05 bits per heavy atom. The highest BCUT2D eigenvalue weighted by Gasteiger charge is 2.25. The Hall–Kier alpha value is -2.09. The maximum Gasteiger partial charge on any atom is 0.232 e.